The van der Waals surface area contributed by atoms with E-state index in [1.54, 1.807) is 29.1 Å². The average Bonchev–Trinajstić information content (AvgIpc) is 2.68. The summed E-state index contributed by atoms with van der Waals surface area (Å²) in [5.41, 5.74) is 2.57. The molecule has 0 amide bonds. The van der Waals surface area contributed by atoms with Gasteiger partial charge >= 0.3 is 6.61 Å². The fourth-order valence-electron chi connectivity index (χ4n) is 1.72. The molecular formula is C13H15F2N3O. The second-order valence-electron chi connectivity index (χ2n) is 4.11. The lowest BCUT2D eigenvalue weighted by Gasteiger charge is -2.12. The number of anilines is 1. The lowest BCUT2D eigenvalue weighted by molar-refractivity contribution is -0.0493. The van der Waals surface area contributed by atoms with Crippen LogP contribution in [0.5, 0.6) is 5.75 Å². The minimum Gasteiger partial charge on any atom is -0.433 e. The molecule has 19 heavy (non-hydrogen) atoms. The van der Waals surface area contributed by atoms with Crippen LogP contribution in [0, 0.1) is 6.92 Å². The number of nitrogens with zero attached hydrogens (tertiary/aromatic N) is 2. The van der Waals surface area contributed by atoms with E-state index in [1.165, 1.54) is 6.07 Å². The second-order valence-corrected chi connectivity index (χ2v) is 4.11. The van der Waals surface area contributed by atoms with Crippen LogP contribution in [-0.4, -0.2) is 16.4 Å². The molecule has 102 valence electrons. The summed E-state index contributed by atoms with van der Waals surface area (Å²) in [6, 6.07) is 6.61. The predicted octanol–water partition coefficient (Wildman–Crippen LogP) is 2.94. The van der Waals surface area contributed by atoms with E-state index in [4.69, 9.17) is 0 Å². The summed E-state index contributed by atoms with van der Waals surface area (Å²) < 4.78 is 30.8. The predicted molar refractivity (Wildman–Crippen MR) is 68.3 cm³/mol. The van der Waals surface area contributed by atoms with Crippen molar-refractivity contribution in [1.29, 1.82) is 0 Å². The number of aryl methyl sites for hydroxylation is 1. The van der Waals surface area contributed by atoms with Crippen molar-refractivity contribution in [1.82, 2.24) is 9.78 Å². The number of alkyl halides is 2. The van der Waals surface area contributed by atoms with E-state index in [2.05, 4.69) is 15.2 Å². The molecule has 0 aliphatic rings. The number of halogens is 2. The zero-order valence-electron chi connectivity index (χ0n) is 10.7. The monoisotopic (exact) mass is 267 g/mol. The average molecular weight is 267 g/mol. The highest BCUT2D eigenvalue weighted by molar-refractivity contribution is 5.56. The minimum atomic E-state index is -2.83. The van der Waals surface area contributed by atoms with Gasteiger partial charge in [-0.15, -0.1) is 0 Å². The molecule has 1 aromatic carbocycles. The Morgan fingerprint density at radius 2 is 2.11 bits per heavy atom. The first-order valence-electron chi connectivity index (χ1n) is 5.83. The molecule has 1 heterocycles. The van der Waals surface area contributed by atoms with E-state index in [1.807, 2.05) is 14.0 Å². The van der Waals surface area contributed by atoms with Gasteiger partial charge in [-0.05, 0) is 19.1 Å². The first-order valence-corrected chi connectivity index (χ1v) is 5.83. The summed E-state index contributed by atoms with van der Waals surface area (Å²) >= 11 is 0. The van der Waals surface area contributed by atoms with Gasteiger partial charge in [-0.2, -0.15) is 13.9 Å². The van der Waals surface area contributed by atoms with Crippen molar-refractivity contribution >= 4 is 5.69 Å². The van der Waals surface area contributed by atoms with Crippen LogP contribution in [0.1, 0.15) is 11.3 Å². The van der Waals surface area contributed by atoms with Crippen LogP contribution in [0.3, 0.4) is 0 Å². The van der Waals surface area contributed by atoms with E-state index in [0.29, 0.717) is 12.2 Å². The fourth-order valence-corrected chi connectivity index (χ4v) is 1.72. The lowest BCUT2D eigenvalue weighted by atomic mass is 10.2. The maximum Gasteiger partial charge on any atom is 0.387 e. The van der Waals surface area contributed by atoms with Gasteiger partial charge in [-0.1, -0.05) is 12.1 Å². The molecule has 0 saturated heterocycles. The molecule has 6 heteroatoms. The molecule has 2 aromatic rings. The smallest absolute Gasteiger partial charge is 0.387 e. The Kier molecular flexibility index (Phi) is 3.99. The third-order valence-corrected chi connectivity index (χ3v) is 2.91. The van der Waals surface area contributed by atoms with Crippen molar-refractivity contribution in [2.45, 2.75) is 20.1 Å². The Hall–Kier alpha value is -2.11. The molecule has 0 atom stereocenters. The Labute approximate surface area is 110 Å². The van der Waals surface area contributed by atoms with Crippen LogP contribution in [0.2, 0.25) is 0 Å². The number of rotatable bonds is 5. The first kappa shape index (κ1) is 13.3. The number of hydrogen-bond donors (Lipinski definition) is 1. The maximum absolute atomic E-state index is 12.3. The molecule has 0 unspecified atom stereocenters. The Morgan fingerprint density at radius 1 is 1.37 bits per heavy atom. The largest absolute Gasteiger partial charge is 0.433 e. The molecule has 1 aromatic heterocycles. The van der Waals surface area contributed by atoms with Gasteiger partial charge in [-0.25, -0.2) is 0 Å². The Morgan fingerprint density at radius 3 is 2.74 bits per heavy atom. The van der Waals surface area contributed by atoms with E-state index < -0.39 is 6.61 Å². The molecule has 0 spiro atoms. The lowest BCUT2D eigenvalue weighted by Crippen LogP contribution is -2.07. The van der Waals surface area contributed by atoms with E-state index >= 15 is 0 Å². The summed E-state index contributed by atoms with van der Waals surface area (Å²) in [5.74, 6) is 0.138. The van der Waals surface area contributed by atoms with Gasteiger partial charge < -0.3 is 10.1 Å². The molecule has 2 rings (SSSR count). The highest BCUT2D eigenvalue weighted by atomic mass is 19.3. The van der Waals surface area contributed by atoms with Gasteiger partial charge in [0.1, 0.15) is 5.75 Å². The maximum atomic E-state index is 12.3. The van der Waals surface area contributed by atoms with E-state index in [-0.39, 0.29) is 5.75 Å². The Bertz CT molecular complexity index is 555. The van der Waals surface area contributed by atoms with Crippen LogP contribution in [0.15, 0.2) is 30.5 Å². The van der Waals surface area contributed by atoms with Crippen molar-refractivity contribution in [2.24, 2.45) is 7.05 Å². The summed E-state index contributed by atoms with van der Waals surface area (Å²) in [7, 11) is 1.85. The van der Waals surface area contributed by atoms with Crippen LogP contribution in [0.25, 0.3) is 0 Å². The second kappa shape index (κ2) is 5.69. The molecular weight excluding hydrogens is 252 g/mol. The summed E-state index contributed by atoms with van der Waals surface area (Å²) in [6.45, 7) is -0.377. The standard InChI is InChI=1S/C13H15F2N3O/c1-9-10(8-17-18(9)2)7-16-11-5-3-4-6-12(11)19-13(14)15/h3-6,8,13,16H,7H2,1-2H3. The number of para-hydroxylation sites is 2. The Balaban J connectivity index is 2.09. The molecule has 0 fully saturated rings. The van der Waals surface area contributed by atoms with Crippen molar-refractivity contribution in [2.75, 3.05) is 5.32 Å². The van der Waals surface area contributed by atoms with Crippen LogP contribution >= 0.6 is 0 Å². The third-order valence-electron chi connectivity index (χ3n) is 2.91. The number of ether oxygens (including phenoxy) is 1. The van der Waals surface area contributed by atoms with Gasteiger partial charge in [0.15, 0.2) is 0 Å². The van der Waals surface area contributed by atoms with Gasteiger partial charge in [0.2, 0.25) is 0 Å². The first-order chi connectivity index (χ1) is 9.08. The zero-order chi connectivity index (χ0) is 13.8. The fraction of sp³-hybridized carbons (Fsp3) is 0.308. The van der Waals surface area contributed by atoms with Crippen LogP contribution in [0.4, 0.5) is 14.5 Å². The molecule has 0 saturated carbocycles. The van der Waals surface area contributed by atoms with Gasteiger partial charge in [-0.3, -0.25) is 4.68 Å². The zero-order valence-corrected chi connectivity index (χ0v) is 10.7. The quantitative estimate of drug-likeness (QED) is 0.905. The van der Waals surface area contributed by atoms with Crippen molar-refractivity contribution in [3.05, 3.63) is 41.7 Å². The van der Waals surface area contributed by atoms with Crippen molar-refractivity contribution in [3.63, 3.8) is 0 Å². The van der Waals surface area contributed by atoms with Crippen molar-refractivity contribution < 1.29 is 13.5 Å². The number of hydrogen-bond acceptors (Lipinski definition) is 3. The molecule has 0 aliphatic heterocycles. The molecule has 0 radical (unpaired) electrons. The number of nitrogens with one attached hydrogen (secondary N) is 1. The van der Waals surface area contributed by atoms with Gasteiger partial charge in [0.05, 0.1) is 11.9 Å². The molecule has 0 bridgehead atoms. The molecule has 0 aliphatic carbocycles. The highest BCUT2D eigenvalue weighted by Gasteiger charge is 2.09. The normalized spacial score (nSPS) is 10.8. The van der Waals surface area contributed by atoms with Crippen molar-refractivity contribution in [3.8, 4) is 5.75 Å². The van der Waals surface area contributed by atoms with Crippen LogP contribution in [-0.2, 0) is 13.6 Å². The molecule has 4 nitrogen and oxygen atoms in total. The van der Waals surface area contributed by atoms with Gasteiger partial charge in [0, 0.05) is 24.8 Å². The summed E-state index contributed by atoms with van der Waals surface area (Å²) in [4.78, 5) is 0. The minimum absolute atomic E-state index is 0.138. The SMILES string of the molecule is Cc1c(CNc2ccccc2OC(F)F)cnn1C. The number of aromatic nitrogens is 2. The summed E-state index contributed by atoms with van der Waals surface area (Å²) in [6.07, 6.45) is 1.75. The topological polar surface area (TPSA) is 39.1 Å². The third kappa shape index (κ3) is 3.21. The summed E-state index contributed by atoms with van der Waals surface area (Å²) in [5, 5.41) is 7.20. The van der Waals surface area contributed by atoms with Gasteiger partial charge in [0.25, 0.3) is 0 Å². The van der Waals surface area contributed by atoms with E-state index in [9.17, 15) is 8.78 Å². The number of benzene rings is 1. The molecule has 1 N–H and O–H groups in total. The highest BCUT2D eigenvalue weighted by Crippen LogP contribution is 2.26. The van der Waals surface area contributed by atoms with Crippen LogP contribution < -0.4 is 10.1 Å². The van der Waals surface area contributed by atoms with E-state index in [0.717, 1.165) is 11.3 Å².